The molecule has 1 saturated heterocycles. The lowest BCUT2D eigenvalue weighted by Gasteiger charge is -2.36. The highest BCUT2D eigenvalue weighted by molar-refractivity contribution is 6.74. The minimum absolute atomic E-state index is 0.0537. The third kappa shape index (κ3) is 3.29. The standard InChI is InChI=1S/C12H26O3Si/c1-9(11-10(7-13)15-11)8-14-16(5,6)12(2,3)4/h9-11,13H,7-8H2,1-6H3/t9-,10-,11-/m0/s1. The number of aliphatic hydroxyl groups excluding tert-OH is 1. The number of hydrogen-bond acceptors (Lipinski definition) is 3. The maximum absolute atomic E-state index is 8.93. The quantitative estimate of drug-likeness (QED) is 0.598. The maximum Gasteiger partial charge on any atom is 0.191 e. The lowest BCUT2D eigenvalue weighted by Crippen LogP contribution is -2.42. The van der Waals surface area contributed by atoms with Gasteiger partial charge in [0.1, 0.15) is 6.10 Å². The number of rotatable bonds is 5. The number of hydrogen-bond donors (Lipinski definition) is 1. The molecule has 4 heteroatoms. The summed E-state index contributed by atoms with van der Waals surface area (Å²) < 4.78 is 11.5. The molecule has 0 radical (unpaired) electrons. The van der Waals surface area contributed by atoms with E-state index in [1.807, 2.05) is 0 Å². The molecule has 96 valence electrons. The minimum Gasteiger partial charge on any atom is -0.416 e. The van der Waals surface area contributed by atoms with Gasteiger partial charge in [-0.25, -0.2) is 0 Å². The highest BCUT2D eigenvalue weighted by Crippen LogP contribution is 2.38. The van der Waals surface area contributed by atoms with Gasteiger partial charge in [0.25, 0.3) is 0 Å². The topological polar surface area (TPSA) is 42.0 Å². The van der Waals surface area contributed by atoms with Crippen molar-refractivity contribution in [2.75, 3.05) is 13.2 Å². The third-order valence-corrected chi connectivity index (χ3v) is 8.38. The molecular weight excluding hydrogens is 220 g/mol. The fraction of sp³-hybridized carbons (Fsp3) is 1.00. The molecule has 16 heavy (non-hydrogen) atoms. The Labute approximate surface area is 100 Å². The number of epoxide rings is 1. The van der Waals surface area contributed by atoms with Crippen LogP contribution in [0, 0.1) is 5.92 Å². The van der Waals surface area contributed by atoms with E-state index in [0.29, 0.717) is 5.92 Å². The third-order valence-electron chi connectivity index (χ3n) is 3.88. The summed E-state index contributed by atoms with van der Waals surface area (Å²) in [5.74, 6) is 0.381. The molecule has 1 N–H and O–H groups in total. The SMILES string of the molecule is C[C@@H](CO[Si](C)(C)C(C)(C)C)[C@@H]1O[C@H]1CO. The minimum atomic E-state index is -1.64. The van der Waals surface area contributed by atoms with Gasteiger partial charge in [-0.2, -0.15) is 0 Å². The van der Waals surface area contributed by atoms with E-state index in [1.54, 1.807) is 0 Å². The van der Waals surface area contributed by atoms with Crippen LogP contribution >= 0.6 is 0 Å². The summed E-state index contributed by atoms with van der Waals surface area (Å²) >= 11 is 0. The van der Waals surface area contributed by atoms with E-state index < -0.39 is 8.32 Å². The summed E-state index contributed by atoms with van der Waals surface area (Å²) in [4.78, 5) is 0. The van der Waals surface area contributed by atoms with E-state index in [2.05, 4.69) is 40.8 Å². The van der Waals surface area contributed by atoms with Crippen LogP contribution in [0.2, 0.25) is 18.1 Å². The van der Waals surface area contributed by atoms with Crippen LogP contribution in [0.25, 0.3) is 0 Å². The van der Waals surface area contributed by atoms with Gasteiger partial charge in [0.2, 0.25) is 0 Å². The number of aliphatic hydroxyl groups is 1. The van der Waals surface area contributed by atoms with Gasteiger partial charge in [-0.15, -0.1) is 0 Å². The van der Waals surface area contributed by atoms with Gasteiger partial charge in [0.15, 0.2) is 8.32 Å². The van der Waals surface area contributed by atoms with Gasteiger partial charge in [-0.05, 0) is 18.1 Å². The van der Waals surface area contributed by atoms with Gasteiger partial charge in [-0.3, -0.25) is 0 Å². The summed E-state index contributed by atoms with van der Waals surface area (Å²) in [6, 6.07) is 0. The molecule has 0 unspecified atom stereocenters. The fourth-order valence-corrected chi connectivity index (χ4v) is 2.57. The zero-order valence-corrected chi connectivity index (χ0v) is 12.4. The van der Waals surface area contributed by atoms with Crippen molar-refractivity contribution in [1.82, 2.24) is 0 Å². The second-order valence-corrected chi connectivity index (χ2v) is 11.2. The highest BCUT2D eigenvalue weighted by atomic mass is 28.4. The van der Waals surface area contributed by atoms with E-state index >= 15 is 0 Å². The smallest absolute Gasteiger partial charge is 0.191 e. The van der Waals surface area contributed by atoms with Crippen molar-refractivity contribution in [3.05, 3.63) is 0 Å². The van der Waals surface area contributed by atoms with Crippen molar-refractivity contribution in [2.24, 2.45) is 5.92 Å². The second kappa shape index (κ2) is 4.76. The molecule has 0 aromatic rings. The van der Waals surface area contributed by atoms with E-state index in [4.69, 9.17) is 14.3 Å². The average molecular weight is 246 g/mol. The van der Waals surface area contributed by atoms with E-state index in [9.17, 15) is 0 Å². The lowest BCUT2D eigenvalue weighted by molar-refractivity contribution is 0.204. The molecule has 0 amide bonds. The molecular formula is C12H26O3Si. The summed E-state index contributed by atoms with van der Waals surface area (Å²) in [5, 5.41) is 9.18. The molecule has 3 atom stereocenters. The van der Waals surface area contributed by atoms with Crippen molar-refractivity contribution in [3.63, 3.8) is 0 Å². The van der Waals surface area contributed by atoms with Crippen LogP contribution < -0.4 is 0 Å². The van der Waals surface area contributed by atoms with Crippen molar-refractivity contribution in [1.29, 1.82) is 0 Å². The van der Waals surface area contributed by atoms with Crippen molar-refractivity contribution < 1.29 is 14.3 Å². The molecule has 0 aliphatic carbocycles. The molecule has 3 nitrogen and oxygen atoms in total. The van der Waals surface area contributed by atoms with Crippen LogP contribution in [0.1, 0.15) is 27.7 Å². The van der Waals surface area contributed by atoms with E-state index in [1.165, 1.54) is 0 Å². The van der Waals surface area contributed by atoms with Crippen molar-refractivity contribution >= 4 is 8.32 Å². The first-order chi connectivity index (χ1) is 7.19. The van der Waals surface area contributed by atoms with Gasteiger partial charge >= 0.3 is 0 Å². The van der Waals surface area contributed by atoms with Crippen molar-refractivity contribution in [3.8, 4) is 0 Å². The summed E-state index contributed by atoms with van der Waals surface area (Å²) in [7, 11) is -1.64. The lowest BCUT2D eigenvalue weighted by atomic mass is 10.1. The van der Waals surface area contributed by atoms with E-state index in [-0.39, 0.29) is 23.9 Å². The van der Waals surface area contributed by atoms with Gasteiger partial charge < -0.3 is 14.3 Å². The first-order valence-electron chi connectivity index (χ1n) is 6.09. The molecule has 1 aliphatic rings. The van der Waals surface area contributed by atoms with Gasteiger partial charge in [0.05, 0.1) is 12.7 Å². The Kier molecular flexibility index (Phi) is 4.22. The van der Waals surface area contributed by atoms with Crippen LogP contribution in [0.5, 0.6) is 0 Å². The molecule has 1 rings (SSSR count). The number of ether oxygens (including phenoxy) is 1. The summed E-state index contributed by atoms with van der Waals surface area (Å²) in [6.07, 6.45) is 0.257. The highest BCUT2D eigenvalue weighted by Gasteiger charge is 2.44. The molecule has 0 spiro atoms. The normalized spacial score (nSPS) is 27.9. The van der Waals surface area contributed by atoms with Crippen LogP contribution in [0.3, 0.4) is 0 Å². The Morgan fingerprint density at radius 3 is 2.31 bits per heavy atom. The molecule has 1 fully saturated rings. The predicted molar refractivity (Wildman–Crippen MR) is 68.1 cm³/mol. The van der Waals surface area contributed by atoms with Gasteiger partial charge in [-0.1, -0.05) is 27.7 Å². The first-order valence-corrected chi connectivity index (χ1v) is 9.00. The first kappa shape index (κ1) is 14.2. The maximum atomic E-state index is 8.93. The molecule has 0 bridgehead atoms. The zero-order chi connectivity index (χ0) is 12.6. The van der Waals surface area contributed by atoms with E-state index in [0.717, 1.165) is 6.61 Å². The largest absolute Gasteiger partial charge is 0.416 e. The van der Waals surface area contributed by atoms with Crippen molar-refractivity contribution in [2.45, 2.75) is 58.0 Å². The average Bonchev–Trinajstić information content (AvgIpc) is 2.91. The van der Waals surface area contributed by atoms with Crippen LogP contribution in [0.4, 0.5) is 0 Å². The fourth-order valence-electron chi connectivity index (χ4n) is 1.46. The van der Waals surface area contributed by atoms with Crippen LogP contribution in [-0.4, -0.2) is 38.8 Å². The summed E-state index contributed by atoms with van der Waals surface area (Å²) in [5.41, 5.74) is 0. The van der Waals surface area contributed by atoms with Crippen LogP contribution in [-0.2, 0) is 9.16 Å². The Morgan fingerprint density at radius 1 is 1.38 bits per heavy atom. The predicted octanol–water partition coefficient (Wildman–Crippen LogP) is 2.40. The summed E-state index contributed by atoms with van der Waals surface area (Å²) in [6.45, 7) is 14.3. The second-order valence-electron chi connectivity index (χ2n) is 6.37. The Hall–Kier alpha value is 0.0969. The Morgan fingerprint density at radius 2 is 1.94 bits per heavy atom. The molecule has 1 heterocycles. The Balaban J connectivity index is 2.35. The molecule has 0 aromatic carbocycles. The van der Waals surface area contributed by atoms with Crippen LogP contribution in [0.15, 0.2) is 0 Å². The zero-order valence-electron chi connectivity index (χ0n) is 11.4. The Bertz CT molecular complexity index is 235. The molecule has 0 aromatic heterocycles. The molecule has 0 saturated carbocycles. The monoisotopic (exact) mass is 246 g/mol. The van der Waals surface area contributed by atoms with Gasteiger partial charge in [0, 0.05) is 12.5 Å². The molecule has 1 aliphatic heterocycles.